The van der Waals surface area contributed by atoms with Crippen LogP contribution >= 0.6 is 35.6 Å². The molecule has 138 valence electrons. The summed E-state index contributed by atoms with van der Waals surface area (Å²) in [5.74, 6) is 1.07. The molecule has 0 bridgehead atoms. The molecule has 0 spiro atoms. The van der Waals surface area contributed by atoms with Gasteiger partial charge in [0.05, 0.1) is 12.4 Å². The number of rotatable bonds is 6. The van der Waals surface area contributed by atoms with Crippen molar-refractivity contribution in [2.24, 2.45) is 10.2 Å². The van der Waals surface area contributed by atoms with Crippen molar-refractivity contribution in [3.63, 3.8) is 0 Å². The molecule has 3 aromatic rings. The molecule has 27 heavy (non-hydrogen) atoms. The van der Waals surface area contributed by atoms with Crippen molar-refractivity contribution in [2.75, 3.05) is 10.9 Å². The van der Waals surface area contributed by atoms with E-state index in [0.717, 1.165) is 11.1 Å². The Balaban J connectivity index is 0.00000261. The maximum absolute atomic E-state index is 5.85. The third kappa shape index (κ3) is 6.86. The molecule has 0 saturated heterocycles. The first-order valence-electron chi connectivity index (χ1n) is 7.60. The van der Waals surface area contributed by atoms with Gasteiger partial charge < -0.3 is 0 Å². The van der Waals surface area contributed by atoms with Gasteiger partial charge in [0.15, 0.2) is 11.6 Å². The Morgan fingerprint density at radius 3 is 1.52 bits per heavy atom. The number of halogens is 3. The van der Waals surface area contributed by atoms with Crippen molar-refractivity contribution < 1.29 is 0 Å². The minimum absolute atomic E-state index is 0. The minimum atomic E-state index is 0. The number of hydrogen-bond donors (Lipinski definition) is 2. The molecule has 1 heterocycles. The molecule has 9 heteroatoms. The van der Waals surface area contributed by atoms with Gasteiger partial charge in [-0.15, -0.1) is 12.4 Å². The molecule has 0 saturated carbocycles. The largest absolute Gasteiger partial charge is 0.261 e. The van der Waals surface area contributed by atoms with E-state index in [9.17, 15) is 0 Å². The second-order valence-electron chi connectivity index (χ2n) is 5.13. The first-order valence-corrected chi connectivity index (χ1v) is 8.36. The number of hydrazone groups is 2. The van der Waals surface area contributed by atoms with E-state index in [1.807, 2.05) is 24.3 Å². The number of benzene rings is 2. The highest BCUT2D eigenvalue weighted by molar-refractivity contribution is 6.30. The fourth-order valence-electron chi connectivity index (χ4n) is 1.92. The van der Waals surface area contributed by atoms with E-state index in [0.29, 0.717) is 21.7 Å². The molecule has 2 N–H and O–H groups in total. The van der Waals surface area contributed by atoms with Crippen molar-refractivity contribution in [3.8, 4) is 0 Å². The number of hydrogen-bond acceptors (Lipinski definition) is 6. The molecule has 0 aliphatic heterocycles. The molecule has 0 aliphatic rings. The van der Waals surface area contributed by atoms with Crippen LogP contribution in [0.25, 0.3) is 0 Å². The number of aromatic nitrogens is 2. The summed E-state index contributed by atoms with van der Waals surface area (Å²) in [6, 6.07) is 16.4. The van der Waals surface area contributed by atoms with Gasteiger partial charge in [-0.2, -0.15) is 10.2 Å². The predicted octanol–water partition coefficient (Wildman–Crippen LogP) is 5.10. The van der Waals surface area contributed by atoms with Crippen LogP contribution in [0.15, 0.2) is 71.1 Å². The van der Waals surface area contributed by atoms with Crippen LogP contribution in [0.5, 0.6) is 0 Å². The third-order valence-corrected chi connectivity index (χ3v) is 3.70. The summed E-state index contributed by atoms with van der Waals surface area (Å²) < 4.78 is 0. The van der Waals surface area contributed by atoms with Crippen molar-refractivity contribution in [1.29, 1.82) is 0 Å². The van der Waals surface area contributed by atoms with Crippen LogP contribution < -0.4 is 10.9 Å². The average Bonchev–Trinajstić information content (AvgIpc) is 2.65. The zero-order valence-electron chi connectivity index (χ0n) is 13.9. The van der Waals surface area contributed by atoms with Gasteiger partial charge in [0.2, 0.25) is 0 Å². The van der Waals surface area contributed by atoms with Gasteiger partial charge in [0, 0.05) is 16.1 Å². The van der Waals surface area contributed by atoms with E-state index >= 15 is 0 Å². The van der Waals surface area contributed by atoms with E-state index < -0.39 is 0 Å². The van der Waals surface area contributed by atoms with Crippen LogP contribution in [0.2, 0.25) is 10.0 Å². The van der Waals surface area contributed by atoms with E-state index in [4.69, 9.17) is 23.2 Å². The smallest absolute Gasteiger partial charge is 0.151 e. The molecule has 1 aromatic heterocycles. The van der Waals surface area contributed by atoms with Gasteiger partial charge in [-0.25, -0.2) is 9.97 Å². The van der Waals surface area contributed by atoms with Crippen LogP contribution in [0, 0.1) is 0 Å². The second-order valence-corrected chi connectivity index (χ2v) is 6.00. The zero-order valence-corrected chi connectivity index (χ0v) is 16.2. The Kier molecular flexibility index (Phi) is 8.00. The van der Waals surface area contributed by atoms with Gasteiger partial charge >= 0.3 is 0 Å². The minimum Gasteiger partial charge on any atom is -0.261 e. The van der Waals surface area contributed by atoms with E-state index in [1.165, 1.54) is 6.33 Å². The normalized spacial score (nSPS) is 10.7. The highest BCUT2D eigenvalue weighted by Gasteiger charge is 1.96. The Bertz CT molecular complexity index is 838. The number of nitrogens with zero attached hydrogens (tertiary/aromatic N) is 4. The maximum Gasteiger partial charge on any atom is 0.151 e. The van der Waals surface area contributed by atoms with Gasteiger partial charge in [0.25, 0.3) is 0 Å². The Morgan fingerprint density at radius 2 is 1.11 bits per heavy atom. The Labute approximate surface area is 172 Å². The molecular weight excluding hydrogens is 407 g/mol. The quantitative estimate of drug-likeness (QED) is 0.429. The molecular formula is C18H15Cl3N6. The Morgan fingerprint density at radius 1 is 0.704 bits per heavy atom. The number of anilines is 2. The van der Waals surface area contributed by atoms with Crippen LogP contribution in [0.1, 0.15) is 11.1 Å². The topological polar surface area (TPSA) is 74.6 Å². The summed E-state index contributed by atoms with van der Waals surface area (Å²) in [7, 11) is 0. The standard InChI is InChI=1S/C18H14Cl2N6.ClH/c19-15-5-1-13(2-6-15)10-23-25-17-9-18(22-12-21-17)26-24-11-14-3-7-16(20)8-4-14;/h1-12H,(H2,21,22,25,26);1H. The van der Waals surface area contributed by atoms with E-state index in [2.05, 4.69) is 31.0 Å². The fraction of sp³-hybridized carbons (Fsp3) is 0. The fourth-order valence-corrected chi connectivity index (χ4v) is 2.18. The predicted molar refractivity (Wildman–Crippen MR) is 115 cm³/mol. The lowest BCUT2D eigenvalue weighted by Gasteiger charge is -2.02. The van der Waals surface area contributed by atoms with Crippen molar-refractivity contribution in [2.45, 2.75) is 0 Å². The summed E-state index contributed by atoms with van der Waals surface area (Å²) in [6.07, 6.45) is 4.76. The summed E-state index contributed by atoms with van der Waals surface area (Å²) in [5, 5.41) is 9.63. The maximum atomic E-state index is 5.85. The van der Waals surface area contributed by atoms with Gasteiger partial charge in [0.1, 0.15) is 6.33 Å². The van der Waals surface area contributed by atoms with E-state index in [-0.39, 0.29) is 12.4 Å². The summed E-state index contributed by atoms with van der Waals surface area (Å²) >= 11 is 11.7. The molecule has 0 radical (unpaired) electrons. The lowest BCUT2D eigenvalue weighted by Crippen LogP contribution is -1.98. The molecule has 2 aromatic carbocycles. The second kappa shape index (κ2) is 10.5. The molecule has 3 rings (SSSR count). The van der Waals surface area contributed by atoms with Gasteiger partial charge in [-0.3, -0.25) is 10.9 Å². The SMILES string of the molecule is Cl.Clc1ccc(C=NNc2cc(NN=Cc3ccc(Cl)cc3)ncn2)cc1. The lowest BCUT2D eigenvalue weighted by atomic mass is 10.2. The van der Waals surface area contributed by atoms with Crippen LogP contribution in [0.3, 0.4) is 0 Å². The summed E-state index contributed by atoms with van der Waals surface area (Å²) in [6.45, 7) is 0. The molecule has 0 amide bonds. The van der Waals surface area contributed by atoms with Crippen molar-refractivity contribution in [3.05, 3.63) is 82.1 Å². The van der Waals surface area contributed by atoms with Crippen LogP contribution in [0.4, 0.5) is 11.6 Å². The molecule has 0 fully saturated rings. The Hall–Kier alpha value is -2.67. The van der Waals surface area contributed by atoms with Gasteiger partial charge in [-0.05, 0) is 35.4 Å². The molecule has 0 unspecified atom stereocenters. The highest BCUT2D eigenvalue weighted by Crippen LogP contribution is 2.11. The molecule has 0 atom stereocenters. The van der Waals surface area contributed by atoms with Crippen LogP contribution in [-0.4, -0.2) is 22.4 Å². The monoisotopic (exact) mass is 420 g/mol. The first kappa shape index (κ1) is 20.6. The third-order valence-electron chi connectivity index (χ3n) is 3.19. The zero-order chi connectivity index (χ0) is 18.2. The summed E-state index contributed by atoms with van der Waals surface area (Å²) in [4.78, 5) is 8.19. The molecule has 0 aliphatic carbocycles. The van der Waals surface area contributed by atoms with Crippen molar-refractivity contribution >= 4 is 59.7 Å². The highest BCUT2D eigenvalue weighted by atomic mass is 35.5. The van der Waals surface area contributed by atoms with Crippen LogP contribution in [-0.2, 0) is 0 Å². The van der Waals surface area contributed by atoms with Crippen molar-refractivity contribution in [1.82, 2.24) is 9.97 Å². The van der Waals surface area contributed by atoms with Gasteiger partial charge in [-0.1, -0.05) is 47.5 Å². The lowest BCUT2D eigenvalue weighted by molar-refractivity contribution is 1.12. The van der Waals surface area contributed by atoms with E-state index in [1.54, 1.807) is 42.8 Å². The molecule has 6 nitrogen and oxygen atoms in total. The number of nitrogens with one attached hydrogen (secondary N) is 2. The first-order chi connectivity index (χ1) is 12.7. The average molecular weight is 422 g/mol. The summed E-state index contributed by atoms with van der Waals surface area (Å²) in [5.41, 5.74) is 7.52.